The van der Waals surface area contributed by atoms with E-state index in [9.17, 15) is 0 Å². The van der Waals surface area contributed by atoms with Crippen molar-refractivity contribution in [3.63, 3.8) is 0 Å². The van der Waals surface area contributed by atoms with Gasteiger partial charge in [0.2, 0.25) is 0 Å². The highest BCUT2D eigenvalue weighted by atomic mass is 16.5. The average molecular weight is 1660 g/mol. The number of benzene rings is 19. The molecule has 2 aliphatic carbocycles. The van der Waals surface area contributed by atoms with Gasteiger partial charge in [-0.05, 0) is 324 Å². The Hall–Kier alpha value is -15.8. The minimum Gasteiger partial charge on any atom is -0.489 e. The number of rotatable bonds is 27. The van der Waals surface area contributed by atoms with Crippen LogP contribution in [0.1, 0.15) is 88.6 Å². The molecule has 0 radical (unpaired) electrons. The van der Waals surface area contributed by atoms with E-state index in [1.54, 1.807) is 0 Å². The largest absolute Gasteiger partial charge is 0.489 e. The van der Waals surface area contributed by atoms with E-state index in [0.717, 1.165) is 142 Å². The van der Waals surface area contributed by atoms with Gasteiger partial charge >= 0.3 is 0 Å². The third-order valence-electron chi connectivity index (χ3n) is 26.5. The summed E-state index contributed by atoms with van der Waals surface area (Å²) in [7, 11) is 0. The summed E-state index contributed by atoms with van der Waals surface area (Å²) in [6, 6.07) is 178. The third kappa shape index (κ3) is 16.3. The lowest BCUT2D eigenvalue weighted by Gasteiger charge is -2.34. The molecule has 0 saturated heterocycles. The molecule has 21 rings (SSSR count). The zero-order chi connectivity index (χ0) is 86.4. The van der Waals surface area contributed by atoms with E-state index in [1.807, 2.05) is 0 Å². The molecular formula is C124H98N4O. The van der Waals surface area contributed by atoms with Crippen molar-refractivity contribution in [1.29, 1.82) is 0 Å². The summed E-state index contributed by atoms with van der Waals surface area (Å²) in [6.45, 7) is 5.17. The first-order chi connectivity index (χ1) is 63.8. The van der Waals surface area contributed by atoms with E-state index in [0.29, 0.717) is 18.4 Å². The maximum absolute atomic E-state index is 6.82. The van der Waals surface area contributed by atoms with Gasteiger partial charge in [0.05, 0.1) is 5.41 Å². The van der Waals surface area contributed by atoms with Crippen LogP contribution in [0.15, 0.2) is 485 Å². The van der Waals surface area contributed by atoms with Crippen LogP contribution in [-0.4, -0.2) is 0 Å². The molecule has 0 heterocycles. The highest BCUT2D eigenvalue weighted by molar-refractivity contribution is 5.92. The molecule has 0 saturated carbocycles. The second-order valence-electron chi connectivity index (χ2n) is 34.2. The maximum Gasteiger partial charge on any atom is 0.119 e. The van der Waals surface area contributed by atoms with Gasteiger partial charge in [-0.15, -0.1) is 0 Å². The molecule has 5 heteroatoms. The Labute approximate surface area is 758 Å². The Morgan fingerprint density at radius 2 is 0.519 bits per heavy atom. The predicted molar refractivity (Wildman–Crippen MR) is 540 cm³/mol. The second-order valence-corrected chi connectivity index (χ2v) is 34.2. The van der Waals surface area contributed by atoms with E-state index < -0.39 is 5.41 Å². The second kappa shape index (κ2) is 36.0. The number of anilines is 12. The fraction of sp³-hybridized carbons (Fsp3) is 0.0806. The number of ether oxygens (including phenoxy) is 1. The summed E-state index contributed by atoms with van der Waals surface area (Å²) in [4.78, 5) is 9.31. The van der Waals surface area contributed by atoms with Gasteiger partial charge in [-0.1, -0.05) is 329 Å². The van der Waals surface area contributed by atoms with Crippen LogP contribution >= 0.6 is 0 Å². The molecule has 2 unspecified atom stereocenters. The lowest BCUT2D eigenvalue weighted by Crippen LogP contribution is -2.28. The van der Waals surface area contributed by atoms with Gasteiger partial charge in [-0.2, -0.15) is 0 Å². The zero-order valence-electron chi connectivity index (χ0n) is 72.6. The smallest absolute Gasteiger partial charge is 0.119 e. The van der Waals surface area contributed by atoms with Crippen LogP contribution in [0.4, 0.5) is 68.2 Å². The van der Waals surface area contributed by atoms with Crippen LogP contribution in [0.3, 0.4) is 0 Å². The predicted octanol–water partition coefficient (Wildman–Crippen LogP) is 33.6. The highest BCUT2D eigenvalue weighted by Crippen LogP contribution is 2.58. The molecule has 0 aromatic heterocycles. The van der Waals surface area contributed by atoms with Gasteiger partial charge in [0.1, 0.15) is 12.4 Å². The Morgan fingerprint density at radius 3 is 0.837 bits per heavy atom. The molecular weight excluding hydrogens is 1560 g/mol. The summed E-state index contributed by atoms with van der Waals surface area (Å²) in [5, 5.41) is 0. The summed E-state index contributed by atoms with van der Waals surface area (Å²) < 4.78 is 6.82. The Balaban J connectivity index is 0.588. The Bertz CT molecular complexity index is 6640. The fourth-order valence-electron chi connectivity index (χ4n) is 19.6. The van der Waals surface area contributed by atoms with Crippen LogP contribution in [0.25, 0.3) is 66.8 Å². The Kier molecular flexibility index (Phi) is 22.4. The molecule has 19 aromatic rings. The maximum atomic E-state index is 6.82. The molecule has 2 aliphatic rings. The molecule has 129 heavy (non-hydrogen) atoms. The monoisotopic (exact) mass is 1660 g/mol. The van der Waals surface area contributed by atoms with Gasteiger partial charge in [0.15, 0.2) is 0 Å². The minimum atomic E-state index is -0.752. The van der Waals surface area contributed by atoms with Crippen molar-refractivity contribution in [3.05, 3.63) is 535 Å². The third-order valence-corrected chi connectivity index (χ3v) is 26.5. The van der Waals surface area contributed by atoms with Crippen molar-refractivity contribution in [2.45, 2.75) is 63.4 Å². The highest BCUT2D eigenvalue weighted by Gasteiger charge is 2.47. The summed E-state index contributed by atoms with van der Waals surface area (Å²) in [6.07, 6.45) is 4.57. The molecule has 0 amide bonds. The standard InChI is InChI=1S/C124H98N4O/c1-3-90(83-88(2)91-43-45-97(46-44-91)101-49-47-98-48-50-102(98)84-101)92-41-39-89(40-42-92)87-129-119-79-65-106(66-80-119)124(105-25-11-4-12-26-105)122-85-103(99-59-75-117(76-60-99)127(111-35-21-9-22-36-111)115-71-55-95(56-72-115)93-51-67-113(68-52-93)125(107-27-13-5-14-28-107)108-29-15-6-16-30-108)63-81-120(122)121-82-64-104(86-123(121)124)100-61-77-118(78-62-100)128(112-37-23-10-24-38-112)116-73-57-96(58-74-116)94-53-69-114(70-54-94)126(109-31-17-7-18-32-109)110-33-19-8-20-34-110/h4-47,49,51-82,84-86,88,90H,3,48,50,83,87H2,1-2H3. The molecule has 19 aromatic carbocycles. The molecule has 2 atom stereocenters. The molecule has 0 spiro atoms. The number of fused-ring (bicyclic) bond motifs is 4. The molecule has 5 nitrogen and oxygen atoms in total. The first kappa shape index (κ1) is 80.3. The van der Waals surface area contributed by atoms with E-state index in [-0.39, 0.29) is 0 Å². The minimum absolute atomic E-state index is 0.426. The number of hydrogen-bond acceptors (Lipinski definition) is 5. The van der Waals surface area contributed by atoms with E-state index in [1.165, 1.54) is 74.0 Å². The van der Waals surface area contributed by atoms with Gasteiger partial charge in [0.25, 0.3) is 0 Å². The van der Waals surface area contributed by atoms with Crippen molar-refractivity contribution in [3.8, 4) is 72.5 Å². The lowest BCUT2D eigenvalue weighted by atomic mass is 9.67. The van der Waals surface area contributed by atoms with Crippen LogP contribution in [0.2, 0.25) is 0 Å². The summed E-state index contributed by atoms with van der Waals surface area (Å²) in [5.74, 6) is 1.69. The topological polar surface area (TPSA) is 22.2 Å². The first-order valence-electron chi connectivity index (χ1n) is 45.3. The van der Waals surface area contributed by atoms with Crippen molar-refractivity contribution in [2.24, 2.45) is 0 Å². The SMILES string of the molecule is CCC(CC(C)c1ccc(-c2ccc3c(c2)CC3)cc1)c1ccc(COc2ccc(C3(c4ccccc4)c4cc(-c5ccc(N(c6ccccc6)c6ccc(-c7ccc(N(c8ccccc8)c8ccccc8)cc7)cc6)cc5)ccc4-c4ccc(-c5ccc(N(c6ccccc6)c6ccc(-c7ccc(N(c8ccccc8)c8ccccc8)cc7)cc6)cc5)cc43)cc2)cc1. The number of nitrogens with zero attached hydrogens (tertiary/aromatic N) is 4. The average Bonchev–Trinajstić information content (AvgIpc) is 1.53. The summed E-state index contributed by atoms with van der Waals surface area (Å²) >= 11 is 0. The normalized spacial score (nSPS) is 12.6. The molecule has 0 fully saturated rings. The van der Waals surface area contributed by atoms with Crippen molar-refractivity contribution < 1.29 is 4.74 Å². The number of para-hydroxylation sites is 6. The lowest BCUT2D eigenvalue weighted by molar-refractivity contribution is 0.306. The van der Waals surface area contributed by atoms with Gasteiger partial charge in [-0.25, -0.2) is 0 Å². The van der Waals surface area contributed by atoms with Gasteiger partial charge < -0.3 is 24.3 Å². The number of hydrogen-bond donors (Lipinski definition) is 0. The van der Waals surface area contributed by atoms with E-state index >= 15 is 0 Å². The Morgan fingerprint density at radius 1 is 0.248 bits per heavy atom. The van der Waals surface area contributed by atoms with Gasteiger partial charge in [0, 0.05) is 68.2 Å². The van der Waals surface area contributed by atoms with Crippen LogP contribution in [-0.2, 0) is 24.9 Å². The molecule has 620 valence electrons. The van der Waals surface area contributed by atoms with Crippen molar-refractivity contribution in [2.75, 3.05) is 19.6 Å². The van der Waals surface area contributed by atoms with Crippen molar-refractivity contribution >= 4 is 68.2 Å². The van der Waals surface area contributed by atoms with E-state index in [4.69, 9.17) is 4.74 Å². The van der Waals surface area contributed by atoms with E-state index in [2.05, 4.69) is 519 Å². The number of aryl methyl sites for hydroxylation is 2. The van der Waals surface area contributed by atoms with Crippen LogP contribution in [0, 0.1) is 0 Å². The molecule has 0 bridgehead atoms. The van der Waals surface area contributed by atoms with Crippen molar-refractivity contribution in [1.82, 2.24) is 0 Å². The molecule has 0 aliphatic heterocycles. The first-order valence-corrected chi connectivity index (χ1v) is 45.3. The van der Waals surface area contributed by atoms with Crippen LogP contribution in [0.5, 0.6) is 5.75 Å². The zero-order valence-corrected chi connectivity index (χ0v) is 72.6. The summed E-state index contributed by atoms with van der Waals surface area (Å²) in [5.41, 5.74) is 38.2. The molecule has 0 N–H and O–H groups in total. The fourth-order valence-corrected chi connectivity index (χ4v) is 19.6. The van der Waals surface area contributed by atoms with Crippen LogP contribution < -0.4 is 24.3 Å². The quantitative estimate of drug-likeness (QED) is 0.0510. The van der Waals surface area contributed by atoms with Gasteiger partial charge in [-0.3, -0.25) is 0 Å².